The van der Waals surface area contributed by atoms with Crippen molar-refractivity contribution in [1.29, 1.82) is 0 Å². The highest BCUT2D eigenvalue weighted by atomic mass is 32.2. The molecule has 0 aliphatic carbocycles. The molecule has 0 aliphatic rings. The molecule has 0 bridgehead atoms. The monoisotopic (exact) mass is 367 g/mol. The normalized spacial score (nSPS) is 11.5. The van der Waals surface area contributed by atoms with E-state index >= 15 is 0 Å². The standard InChI is InChI=1S/C12H12F3N3O5S/c1-7(19)18-24(22,23)9-4-2-8(3-5-9)17-10(20)6-16-11(21)12(13,14)15/h2-5H,6H2,1H3,(H,16,21)(H,17,20)(H,18,19). The third-order valence-electron chi connectivity index (χ3n) is 2.39. The van der Waals surface area contributed by atoms with Crippen molar-refractivity contribution in [3.05, 3.63) is 24.3 Å². The maximum Gasteiger partial charge on any atom is 0.471 e. The molecule has 8 nitrogen and oxygen atoms in total. The molecule has 0 aromatic heterocycles. The van der Waals surface area contributed by atoms with Crippen molar-refractivity contribution in [1.82, 2.24) is 10.0 Å². The van der Waals surface area contributed by atoms with Crippen LogP contribution in [0.25, 0.3) is 0 Å². The maximum atomic E-state index is 11.9. The van der Waals surface area contributed by atoms with Gasteiger partial charge in [-0.1, -0.05) is 0 Å². The summed E-state index contributed by atoms with van der Waals surface area (Å²) in [5.74, 6) is -3.98. The van der Waals surface area contributed by atoms with Crippen LogP contribution in [0.3, 0.4) is 0 Å². The number of hydrogen-bond acceptors (Lipinski definition) is 5. The highest BCUT2D eigenvalue weighted by Crippen LogP contribution is 2.15. The van der Waals surface area contributed by atoms with Gasteiger partial charge < -0.3 is 10.6 Å². The minimum Gasteiger partial charge on any atom is -0.339 e. The van der Waals surface area contributed by atoms with Gasteiger partial charge in [-0.15, -0.1) is 0 Å². The Hall–Kier alpha value is -2.63. The first-order chi connectivity index (χ1) is 10.9. The minimum atomic E-state index is -5.10. The Kier molecular flexibility index (Phi) is 5.90. The topological polar surface area (TPSA) is 121 Å². The lowest BCUT2D eigenvalue weighted by Gasteiger charge is -2.09. The number of hydrogen-bond donors (Lipinski definition) is 3. The summed E-state index contributed by atoms with van der Waals surface area (Å²) in [4.78, 5) is 32.5. The number of rotatable bonds is 5. The van der Waals surface area contributed by atoms with Gasteiger partial charge in [0, 0.05) is 12.6 Å². The SMILES string of the molecule is CC(=O)NS(=O)(=O)c1ccc(NC(=O)CNC(=O)C(F)(F)F)cc1. The Morgan fingerprint density at radius 2 is 1.62 bits per heavy atom. The van der Waals surface area contributed by atoms with E-state index in [-0.39, 0.29) is 10.6 Å². The molecular weight excluding hydrogens is 355 g/mol. The Morgan fingerprint density at radius 3 is 2.08 bits per heavy atom. The second-order valence-corrected chi connectivity index (χ2v) is 6.10. The first-order valence-corrected chi connectivity index (χ1v) is 7.68. The number of benzene rings is 1. The fourth-order valence-corrected chi connectivity index (χ4v) is 2.42. The number of anilines is 1. The van der Waals surface area contributed by atoms with Crippen LogP contribution < -0.4 is 15.4 Å². The summed E-state index contributed by atoms with van der Waals surface area (Å²) < 4.78 is 60.9. The van der Waals surface area contributed by atoms with Gasteiger partial charge in [-0.2, -0.15) is 13.2 Å². The van der Waals surface area contributed by atoms with Gasteiger partial charge >= 0.3 is 12.1 Å². The molecule has 3 N–H and O–H groups in total. The molecule has 0 saturated heterocycles. The molecule has 0 heterocycles. The fraction of sp³-hybridized carbons (Fsp3) is 0.250. The number of nitrogens with one attached hydrogen (secondary N) is 3. The maximum absolute atomic E-state index is 11.9. The zero-order valence-corrected chi connectivity index (χ0v) is 12.9. The van der Waals surface area contributed by atoms with Crippen LogP contribution in [-0.2, 0) is 24.4 Å². The molecule has 0 spiro atoms. The van der Waals surface area contributed by atoms with Crippen molar-refractivity contribution in [2.75, 3.05) is 11.9 Å². The van der Waals surface area contributed by atoms with E-state index in [9.17, 15) is 36.0 Å². The average Bonchev–Trinajstić information content (AvgIpc) is 2.43. The van der Waals surface area contributed by atoms with Crippen LogP contribution in [-0.4, -0.2) is 38.9 Å². The number of amides is 3. The zero-order valence-electron chi connectivity index (χ0n) is 12.1. The lowest BCUT2D eigenvalue weighted by Crippen LogP contribution is -2.41. The highest BCUT2D eigenvalue weighted by molar-refractivity contribution is 7.90. The van der Waals surface area contributed by atoms with Gasteiger partial charge in [0.1, 0.15) is 0 Å². The minimum absolute atomic E-state index is 0.0861. The van der Waals surface area contributed by atoms with Crippen molar-refractivity contribution < 1.29 is 36.0 Å². The highest BCUT2D eigenvalue weighted by Gasteiger charge is 2.38. The van der Waals surface area contributed by atoms with Crippen molar-refractivity contribution in [3.8, 4) is 0 Å². The lowest BCUT2D eigenvalue weighted by molar-refractivity contribution is -0.173. The molecular formula is C12H12F3N3O5S. The Balaban J connectivity index is 2.66. The molecule has 0 unspecified atom stereocenters. The molecule has 3 amide bonds. The summed E-state index contributed by atoms with van der Waals surface area (Å²) in [5.41, 5.74) is 0.0861. The average molecular weight is 367 g/mol. The molecule has 0 fully saturated rings. The summed E-state index contributed by atoms with van der Waals surface area (Å²) in [6.45, 7) is 0.103. The van der Waals surface area contributed by atoms with E-state index in [0.29, 0.717) is 0 Å². The Labute approximate surface area is 134 Å². The second-order valence-electron chi connectivity index (χ2n) is 4.41. The third kappa shape index (κ3) is 5.87. The molecule has 0 atom stereocenters. The van der Waals surface area contributed by atoms with Crippen LogP contribution in [0.2, 0.25) is 0 Å². The van der Waals surface area contributed by atoms with Gasteiger partial charge in [-0.3, -0.25) is 14.4 Å². The summed E-state index contributed by atoms with van der Waals surface area (Å²) in [5, 5.41) is 3.55. The predicted octanol–water partition coefficient (Wildman–Crippen LogP) is 0.128. The quantitative estimate of drug-likeness (QED) is 0.683. The van der Waals surface area contributed by atoms with Crippen LogP contribution in [0.5, 0.6) is 0 Å². The summed E-state index contributed by atoms with van der Waals surface area (Å²) in [6, 6.07) is 4.49. The van der Waals surface area contributed by atoms with Crippen LogP contribution in [0.4, 0.5) is 18.9 Å². The first-order valence-electron chi connectivity index (χ1n) is 6.20. The summed E-state index contributed by atoms with van der Waals surface area (Å²) in [7, 11) is -4.04. The van der Waals surface area contributed by atoms with Crippen LogP contribution in [0, 0.1) is 0 Å². The van der Waals surface area contributed by atoms with Crippen LogP contribution >= 0.6 is 0 Å². The van der Waals surface area contributed by atoms with E-state index < -0.39 is 40.5 Å². The van der Waals surface area contributed by atoms with Gasteiger partial charge in [-0.25, -0.2) is 13.1 Å². The van der Waals surface area contributed by atoms with Crippen LogP contribution in [0.1, 0.15) is 6.92 Å². The lowest BCUT2D eigenvalue weighted by atomic mass is 10.3. The van der Waals surface area contributed by atoms with Gasteiger partial charge in [0.2, 0.25) is 11.8 Å². The van der Waals surface area contributed by atoms with Gasteiger partial charge in [0.25, 0.3) is 10.0 Å². The number of halogens is 3. The third-order valence-corrected chi connectivity index (χ3v) is 3.84. The fourth-order valence-electron chi connectivity index (χ4n) is 1.43. The molecule has 0 radical (unpaired) electrons. The van der Waals surface area contributed by atoms with Crippen molar-refractivity contribution in [2.45, 2.75) is 18.0 Å². The van der Waals surface area contributed by atoms with Gasteiger partial charge in [0.15, 0.2) is 0 Å². The van der Waals surface area contributed by atoms with Crippen molar-refractivity contribution >= 4 is 33.4 Å². The molecule has 0 aliphatic heterocycles. The van der Waals surface area contributed by atoms with E-state index in [0.717, 1.165) is 31.2 Å². The molecule has 1 aromatic rings. The summed E-state index contributed by atoms with van der Waals surface area (Å²) in [6.07, 6.45) is -5.10. The smallest absolute Gasteiger partial charge is 0.339 e. The summed E-state index contributed by atoms with van der Waals surface area (Å²) >= 11 is 0. The van der Waals surface area contributed by atoms with Crippen molar-refractivity contribution in [3.63, 3.8) is 0 Å². The Morgan fingerprint density at radius 1 is 1.08 bits per heavy atom. The number of carbonyl (C=O) groups excluding carboxylic acids is 3. The zero-order chi connectivity index (χ0) is 18.5. The van der Waals surface area contributed by atoms with Crippen LogP contribution in [0.15, 0.2) is 29.2 Å². The van der Waals surface area contributed by atoms with E-state index in [1.165, 1.54) is 5.32 Å². The van der Waals surface area contributed by atoms with Gasteiger partial charge in [-0.05, 0) is 24.3 Å². The molecule has 24 heavy (non-hydrogen) atoms. The molecule has 12 heteroatoms. The molecule has 132 valence electrons. The van der Waals surface area contributed by atoms with E-state index in [1.807, 2.05) is 0 Å². The predicted molar refractivity (Wildman–Crippen MR) is 75.1 cm³/mol. The largest absolute Gasteiger partial charge is 0.471 e. The first kappa shape index (κ1) is 19.4. The van der Waals surface area contributed by atoms with E-state index in [1.54, 1.807) is 4.72 Å². The number of carbonyl (C=O) groups is 3. The Bertz CT molecular complexity index is 744. The number of alkyl halides is 3. The molecule has 0 saturated carbocycles. The molecule has 1 aromatic carbocycles. The molecule has 1 rings (SSSR count). The van der Waals surface area contributed by atoms with Gasteiger partial charge in [0.05, 0.1) is 11.4 Å². The van der Waals surface area contributed by atoms with E-state index in [2.05, 4.69) is 5.32 Å². The van der Waals surface area contributed by atoms with E-state index in [4.69, 9.17) is 0 Å². The second kappa shape index (κ2) is 7.29. The van der Waals surface area contributed by atoms with Crippen molar-refractivity contribution in [2.24, 2.45) is 0 Å². The number of sulfonamides is 1.